The zero-order valence-corrected chi connectivity index (χ0v) is 23.8. The molecule has 1 aliphatic carbocycles. The number of benzene rings is 1. The largest absolute Gasteiger partial charge is 0.493 e. The highest BCUT2D eigenvalue weighted by atomic mass is 16.6. The Morgan fingerprint density at radius 2 is 1.84 bits per heavy atom. The van der Waals surface area contributed by atoms with Crippen molar-refractivity contribution in [2.75, 3.05) is 46.5 Å². The van der Waals surface area contributed by atoms with Gasteiger partial charge in [-0.2, -0.15) is 0 Å². The van der Waals surface area contributed by atoms with Gasteiger partial charge in [0.05, 0.1) is 6.61 Å². The van der Waals surface area contributed by atoms with Gasteiger partial charge in [-0.1, -0.05) is 6.07 Å². The van der Waals surface area contributed by atoms with Crippen LogP contribution in [0.1, 0.15) is 69.8 Å². The smallest absolute Gasteiger partial charge is 0.410 e. The summed E-state index contributed by atoms with van der Waals surface area (Å²) in [6.45, 7) is 15.6. The van der Waals surface area contributed by atoms with E-state index < -0.39 is 5.60 Å². The molecule has 0 spiro atoms. The minimum absolute atomic E-state index is 0.0126. The first-order chi connectivity index (χ1) is 17.5. The van der Waals surface area contributed by atoms with Crippen molar-refractivity contribution in [1.29, 1.82) is 0 Å². The lowest BCUT2D eigenvalue weighted by atomic mass is 9.94. The van der Waals surface area contributed by atoms with Crippen LogP contribution in [0.25, 0.3) is 0 Å². The summed E-state index contributed by atoms with van der Waals surface area (Å²) in [6.07, 6.45) is 2.95. The van der Waals surface area contributed by atoms with Gasteiger partial charge in [0.25, 0.3) is 5.91 Å². The molecule has 1 aromatic rings. The van der Waals surface area contributed by atoms with E-state index in [4.69, 9.17) is 14.2 Å². The molecule has 0 bridgehead atoms. The molecular formula is C29H47N3O5. The molecule has 37 heavy (non-hydrogen) atoms. The monoisotopic (exact) mass is 517 g/mol. The average molecular weight is 518 g/mol. The number of rotatable bonds is 12. The predicted octanol–water partition coefficient (Wildman–Crippen LogP) is 4.50. The third-order valence-corrected chi connectivity index (χ3v) is 6.98. The lowest BCUT2D eigenvalue weighted by molar-refractivity contribution is 0.0282. The maximum absolute atomic E-state index is 13.7. The zero-order valence-electron chi connectivity index (χ0n) is 23.8. The summed E-state index contributed by atoms with van der Waals surface area (Å²) in [7, 11) is 1.68. The Balaban J connectivity index is 1.72. The van der Waals surface area contributed by atoms with Gasteiger partial charge in [-0.25, -0.2) is 4.79 Å². The summed E-state index contributed by atoms with van der Waals surface area (Å²) >= 11 is 0. The van der Waals surface area contributed by atoms with E-state index in [0.29, 0.717) is 44.5 Å². The second-order valence-corrected chi connectivity index (χ2v) is 11.8. The average Bonchev–Trinajstić information content (AvgIpc) is 3.56. The molecule has 1 aromatic carbocycles. The molecule has 8 nitrogen and oxygen atoms in total. The van der Waals surface area contributed by atoms with Gasteiger partial charge >= 0.3 is 6.09 Å². The lowest BCUT2D eigenvalue weighted by Crippen LogP contribution is -2.43. The molecule has 1 N–H and O–H groups in total. The van der Waals surface area contributed by atoms with E-state index in [1.807, 2.05) is 69.5 Å². The van der Waals surface area contributed by atoms with Crippen LogP contribution in [0.15, 0.2) is 18.2 Å². The predicted molar refractivity (Wildman–Crippen MR) is 145 cm³/mol. The Morgan fingerprint density at radius 3 is 2.46 bits per heavy atom. The van der Waals surface area contributed by atoms with Gasteiger partial charge in [-0.3, -0.25) is 4.79 Å². The molecule has 1 heterocycles. The van der Waals surface area contributed by atoms with Crippen LogP contribution in [-0.4, -0.2) is 86.0 Å². The Kier molecular flexibility index (Phi) is 10.2. The van der Waals surface area contributed by atoms with Gasteiger partial charge in [0.2, 0.25) is 0 Å². The quantitative estimate of drug-likeness (QED) is 0.412. The summed E-state index contributed by atoms with van der Waals surface area (Å²) in [5.74, 6) is 1.15. The van der Waals surface area contributed by atoms with Crippen LogP contribution < -0.4 is 10.1 Å². The number of likely N-dealkylation sites (tertiary alicyclic amines) is 1. The molecule has 8 heteroatoms. The van der Waals surface area contributed by atoms with Crippen LogP contribution in [0.4, 0.5) is 4.79 Å². The molecule has 0 aromatic heterocycles. The Labute approximate surface area is 223 Å². The van der Waals surface area contributed by atoms with Gasteiger partial charge in [-0.05, 0) is 83.9 Å². The topological polar surface area (TPSA) is 80.3 Å². The highest BCUT2D eigenvalue weighted by molar-refractivity contribution is 5.95. The summed E-state index contributed by atoms with van der Waals surface area (Å²) in [6, 6.07) is 6.29. The maximum atomic E-state index is 13.7. The molecule has 1 aliphatic heterocycles. The number of aryl methyl sites for hydroxylation is 1. The maximum Gasteiger partial charge on any atom is 0.410 e. The molecule has 2 aliphatic rings. The molecular weight excluding hydrogens is 470 g/mol. The van der Waals surface area contributed by atoms with Crippen molar-refractivity contribution in [3.63, 3.8) is 0 Å². The number of nitrogens with one attached hydrogen (secondary N) is 1. The second kappa shape index (κ2) is 13.0. The van der Waals surface area contributed by atoms with E-state index in [1.54, 1.807) is 7.11 Å². The van der Waals surface area contributed by atoms with Crippen LogP contribution in [0.5, 0.6) is 5.75 Å². The van der Waals surface area contributed by atoms with Gasteiger partial charge in [-0.15, -0.1) is 0 Å². The molecule has 2 amide bonds. The zero-order chi connectivity index (χ0) is 27.2. The van der Waals surface area contributed by atoms with Gasteiger partial charge in [0.1, 0.15) is 11.4 Å². The molecule has 2 atom stereocenters. The molecule has 0 unspecified atom stereocenters. The number of methoxy groups -OCH3 is 1. The van der Waals surface area contributed by atoms with Crippen LogP contribution in [0.2, 0.25) is 0 Å². The first-order valence-electron chi connectivity index (χ1n) is 13.7. The van der Waals surface area contributed by atoms with E-state index in [0.717, 1.165) is 24.3 Å². The molecule has 1 saturated carbocycles. The van der Waals surface area contributed by atoms with Crippen molar-refractivity contribution in [1.82, 2.24) is 15.1 Å². The third kappa shape index (κ3) is 8.88. The molecule has 3 rings (SSSR count). The second-order valence-electron chi connectivity index (χ2n) is 11.8. The lowest BCUT2D eigenvalue weighted by Gasteiger charge is -2.32. The minimum Gasteiger partial charge on any atom is -0.493 e. The normalized spacial score (nSPS) is 19.8. The molecule has 208 valence electrons. The number of amides is 2. The fraction of sp³-hybridized carbons (Fsp3) is 0.724. The van der Waals surface area contributed by atoms with E-state index in [9.17, 15) is 9.59 Å². The SMILES string of the molecule is COCCCOc1cc(C(=O)N(C[C@@H]2CN(C(=O)OC(C)(C)C)C[C@H]2CNC2CC2)C(C)C)ccc1C. The number of carbonyl (C=O) groups is 2. The van der Waals surface area contributed by atoms with Crippen molar-refractivity contribution in [2.24, 2.45) is 11.8 Å². The van der Waals surface area contributed by atoms with E-state index in [2.05, 4.69) is 5.32 Å². The third-order valence-electron chi connectivity index (χ3n) is 6.98. The van der Waals surface area contributed by atoms with Crippen molar-refractivity contribution in [3.05, 3.63) is 29.3 Å². The van der Waals surface area contributed by atoms with Crippen molar-refractivity contribution >= 4 is 12.0 Å². The summed E-state index contributed by atoms with van der Waals surface area (Å²) in [5, 5.41) is 3.63. The number of nitrogens with zero attached hydrogens (tertiary/aromatic N) is 2. The first kappa shape index (κ1) is 29.2. The molecule has 2 fully saturated rings. The standard InChI is InChI=1S/C29H47N3O5/c1-20(2)32(27(33)22-10-9-21(3)26(15-22)36-14-8-13-35-7)19-24-18-31(28(34)37-29(4,5)6)17-23(24)16-30-25-11-12-25/h9-10,15,20,23-25,30H,8,11-14,16-19H2,1-7H3/t23-,24+/m1/s1. The van der Waals surface area contributed by atoms with Crippen LogP contribution >= 0.6 is 0 Å². The minimum atomic E-state index is -0.536. The van der Waals surface area contributed by atoms with Crippen molar-refractivity contribution in [2.45, 2.75) is 78.5 Å². The number of carbonyl (C=O) groups excluding carboxylic acids is 2. The fourth-order valence-corrected chi connectivity index (χ4v) is 4.68. The van der Waals surface area contributed by atoms with E-state index in [1.165, 1.54) is 12.8 Å². The van der Waals surface area contributed by atoms with Crippen molar-refractivity contribution < 1.29 is 23.8 Å². The first-order valence-corrected chi connectivity index (χ1v) is 13.7. The van der Waals surface area contributed by atoms with Crippen LogP contribution in [0, 0.1) is 18.8 Å². The molecule has 0 radical (unpaired) electrons. The van der Waals surface area contributed by atoms with Gasteiger partial charge in [0.15, 0.2) is 0 Å². The highest BCUT2D eigenvalue weighted by Gasteiger charge is 2.39. The summed E-state index contributed by atoms with van der Waals surface area (Å²) in [4.78, 5) is 30.3. The Hall–Kier alpha value is -2.32. The van der Waals surface area contributed by atoms with Crippen molar-refractivity contribution in [3.8, 4) is 5.75 Å². The van der Waals surface area contributed by atoms with E-state index >= 15 is 0 Å². The summed E-state index contributed by atoms with van der Waals surface area (Å²) in [5.41, 5.74) is 1.09. The summed E-state index contributed by atoms with van der Waals surface area (Å²) < 4.78 is 16.7. The highest BCUT2D eigenvalue weighted by Crippen LogP contribution is 2.29. The number of hydrogen-bond donors (Lipinski definition) is 1. The van der Waals surface area contributed by atoms with Gasteiger partial charge in [0, 0.05) is 64.0 Å². The Bertz CT molecular complexity index is 909. The van der Waals surface area contributed by atoms with E-state index in [-0.39, 0.29) is 29.9 Å². The fourth-order valence-electron chi connectivity index (χ4n) is 4.68. The number of hydrogen-bond acceptors (Lipinski definition) is 6. The van der Waals surface area contributed by atoms with Gasteiger partial charge < -0.3 is 29.3 Å². The Morgan fingerprint density at radius 1 is 1.14 bits per heavy atom. The number of ether oxygens (including phenoxy) is 3. The molecule has 1 saturated heterocycles. The van der Waals surface area contributed by atoms with Crippen LogP contribution in [-0.2, 0) is 9.47 Å². The van der Waals surface area contributed by atoms with Crippen LogP contribution in [0.3, 0.4) is 0 Å².